The Bertz CT molecular complexity index is 616. The van der Waals surface area contributed by atoms with E-state index in [0.717, 1.165) is 10.7 Å². The molecular formula is C13H12Cl2N2O2S. The first-order valence-corrected chi connectivity index (χ1v) is 7.43. The van der Waals surface area contributed by atoms with Gasteiger partial charge >= 0.3 is 0 Å². The van der Waals surface area contributed by atoms with Crippen molar-refractivity contribution in [3.8, 4) is 5.75 Å². The van der Waals surface area contributed by atoms with Gasteiger partial charge in [-0.2, -0.15) is 0 Å². The summed E-state index contributed by atoms with van der Waals surface area (Å²) < 4.78 is 5.33. The van der Waals surface area contributed by atoms with Crippen molar-refractivity contribution in [2.24, 2.45) is 0 Å². The highest BCUT2D eigenvalue weighted by atomic mass is 35.5. The van der Waals surface area contributed by atoms with Gasteiger partial charge < -0.3 is 10.1 Å². The lowest BCUT2D eigenvalue weighted by atomic mass is 10.3. The Kier molecular flexibility index (Phi) is 5.23. The van der Waals surface area contributed by atoms with Crippen molar-refractivity contribution < 1.29 is 9.53 Å². The fraction of sp³-hybridized carbons (Fsp3) is 0.231. The van der Waals surface area contributed by atoms with Crippen molar-refractivity contribution in [2.45, 2.75) is 13.5 Å². The zero-order valence-corrected chi connectivity index (χ0v) is 13.0. The van der Waals surface area contributed by atoms with Gasteiger partial charge in [-0.25, -0.2) is 4.98 Å². The molecule has 0 saturated carbocycles. The average molecular weight is 331 g/mol. The number of aryl methyl sites for hydroxylation is 1. The normalized spacial score (nSPS) is 10.3. The van der Waals surface area contributed by atoms with Crippen LogP contribution < -0.4 is 10.1 Å². The van der Waals surface area contributed by atoms with Crippen LogP contribution in [0.15, 0.2) is 23.6 Å². The Morgan fingerprint density at radius 3 is 2.90 bits per heavy atom. The second-order valence-electron chi connectivity index (χ2n) is 4.00. The highest BCUT2D eigenvalue weighted by Crippen LogP contribution is 2.27. The van der Waals surface area contributed by atoms with Gasteiger partial charge in [0.1, 0.15) is 5.75 Å². The summed E-state index contributed by atoms with van der Waals surface area (Å²) in [5.74, 6) is 0.192. The van der Waals surface area contributed by atoms with Crippen molar-refractivity contribution in [3.63, 3.8) is 0 Å². The molecule has 1 aromatic carbocycles. The Morgan fingerprint density at radius 2 is 2.25 bits per heavy atom. The number of nitrogens with one attached hydrogen (secondary N) is 1. The van der Waals surface area contributed by atoms with Gasteiger partial charge in [0, 0.05) is 10.4 Å². The first-order chi connectivity index (χ1) is 9.54. The summed E-state index contributed by atoms with van der Waals surface area (Å²) in [6.45, 7) is 2.20. The maximum Gasteiger partial charge on any atom is 0.258 e. The zero-order chi connectivity index (χ0) is 14.5. The third-order valence-corrected chi connectivity index (χ3v) is 3.74. The molecule has 0 radical (unpaired) electrons. The van der Waals surface area contributed by atoms with Crippen molar-refractivity contribution in [2.75, 3.05) is 6.61 Å². The molecule has 20 heavy (non-hydrogen) atoms. The van der Waals surface area contributed by atoms with Crippen LogP contribution in [-0.2, 0) is 11.3 Å². The highest BCUT2D eigenvalue weighted by Gasteiger charge is 2.07. The number of hydrogen-bond acceptors (Lipinski definition) is 4. The van der Waals surface area contributed by atoms with Crippen LogP contribution in [0.3, 0.4) is 0 Å². The lowest BCUT2D eigenvalue weighted by molar-refractivity contribution is -0.123. The van der Waals surface area contributed by atoms with Crippen LogP contribution in [0.1, 0.15) is 10.7 Å². The quantitative estimate of drug-likeness (QED) is 0.913. The van der Waals surface area contributed by atoms with Crippen molar-refractivity contribution in [1.82, 2.24) is 10.3 Å². The minimum absolute atomic E-state index is 0.107. The molecule has 0 aliphatic heterocycles. The van der Waals surface area contributed by atoms with Gasteiger partial charge in [0.2, 0.25) is 0 Å². The summed E-state index contributed by atoms with van der Waals surface area (Å²) in [6.07, 6.45) is 0. The number of nitrogens with zero attached hydrogens (tertiary/aromatic N) is 1. The molecule has 4 nitrogen and oxygen atoms in total. The van der Waals surface area contributed by atoms with E-state index in [1.807, 2.05) is 12.3 Å². The number of aromatic nitrogens is 1. The number of carbonyl (C=O) groups excluding carboxylic acids is 1. The van der Waals surface area contributed by atoms with E-state index in [4.69, 9.17) is 27.9 Å². The number of amides is 1. The van der Waals surface area contributed by atoms with Crippen LogP contribution in [-0.4, -0.2) is 17.5 Å². The Balaban J connectivity index is 1.80. The number of carbonyl (C=O) groups is 1. The van der Waals surface area contributed by atoms with Crippen LogP contribution in [0, 0.1) is 6.92 Å². The topological polar surface area (TPSA) is 51.2 Å². The number of thiazole rings is 1. The standard InChI is InChI=1S/C13H12Cl2N2O2S/c1-8-17-10(7-20-8)5-16-13(18)6-19-12-3-2-9(14)4-11(12)15/h2-4,7H,5-6H2,1H3,(H,16,18). The number of rotatable bonds is 5. The predicted molar refractivity (Wildman–Crippen MR) is 80.7 cm³/mol. The zero-order valence-electron chi connectivity index (χ0n) is 10.7. The molecule has 1 aromatic heterocycles. The van der Waals surface area contributed by atoms with Crippen LogP contribution in [0.25, 0.3) is 0 Å². The van der Waals surface area contributed by atoms with Crippen molar-refractivity contribution in [1.29, 1.82) is 0 Å². The Morgan fingerprint density at radius 1 is 1.45 bits per heavy atom. The van der Waals surface area contributed by atoms with Gasteiger partial charge in [0.25, 0.3) is 5.91 Å². The molecule has 7 heteroatoms. The first-order valence-electron chi connectivity index (χ1n) is 5.80. The number of benzene rings is 1. The summed E-state index contributed by atoms with van der Waals surface area (Å²) in [7, 11) is 0. The van der Waals surface area contributed by atoms with Crippen LogP contribution in [0.2, 0.25) is 10.0 Å². The van der Waals surface area contributed by atoms with E-state index >= 15 is 0 Å². The molecule has 0 bridgehead atoms. The monoisotopic (exact) mass is 330 g/mol. The fourth-order valence-corrected chi connectivity index (χ4v) is 2.54. The Labute approximate surface area is 130 Å². The lowest BCUT2D eigenvalue weighted by Crippen LogP contribution is -2.28. The maximum atomic E-state index is 11.6. The van der Waals surface area contributed by atoms with E-state index in [-0.39, 0.29) is 12.5 Å². The molecule has 0 fully saturated rings. The minimum Gasteiger partial charge on any atom is -0.482 e. The molecule has 1 N–H and O–H groups in total. The highest BCUT2D eigenvalue weighted by molar-refractivity contribution is 7.09. The van der Waals surface area contributed by atoms with Gasteiger partial charge in [-0.05, 0) is 25.1 Å². The van der Waals surface area contributed by atoms with Gasteiger partial charge in [-0.1, -0.05) is 23.2 Å². The van der Waals surface area contributed by atoms with E-state index < -0.39 is 0 Å². The number of hydrogen-bond donors (Lipinski definition) is 1. The van der Waals surface area contributed by atoms with E-state index in [9.17, 15) is 4.79 Å². The molecule has 0 saturated heterocycles. The summed E-state index contributed by atoms with van der Waals surface area (Å²) in [5.41, 5.74) is 0.838. The van der Waals surface area contributed by atoms with E-state index in [0.29, 0.717) is 22.3 Å². The molecule has 106 valence electrons. The molecule has 2 aromatic rings. The molecular weight excluding hydrogens is 319 g/mol. The molecule has 0 unspecified atom stereocenters. The number of ether oxygens (including phenoxy) is 1. The van der Waals surface area contributed by atoms with E-state index in [2.05, 4.69) is 10.3 Å². The molecule has 1 heterocycles. The average Bonchev–Trinajstić information content (AvgIpc) is 2.81. The van der Waals surface area contributed by atoms with Gasteiger partial charge in [-0.3, -0.25) is 4.79 Å². The molecule has 1 amide bonds. The SMILES string of the molecule is Cc1nc(CNC(=O)COc2ccc(Cl)cc2Cl)cs1. The maximum absolute atomic E-state index is 11.6. The van der Waals surface area contributed by atoms with Crippen LogP contribution >= 0.6 is 34.5 Å². The first kappa shape index (κ1) is 15.1. The predicted octanol–water partition coefficient (Wildman–Crippen LogP) is 3.45. The van der Waals surface area contributed by atoms with Gasteiger partial charge in [0.15, 0.2) is 6.61 Å². The molecule has 2 rings (SSSR count). The smallest absolute Gasteiger partial charge is 0.258 e. The Hall–Kier alpha value is -1.30. The fourth-order valence-electron chi connectivity index (χ4n) is 1.47. The van der Waals surface area contributed by atoms with Crippen molar-refractivity contribution in [3.05, 3.63) is 44.3 Å². The molecule has 0 atom stereocenters. The van der Waals surface area contributed by atoms with Gasteiger partial charge in [-0.15, -0.1) is 11.3 Å². The minimum atomic E-state index is -0.235. The van der Waals surface area contributed by atoms with Crippen LogP contribution in [0.4, 0.5) is 0 Å². The molecule has 0 aliphatic carbocycles. The third-order valence-electron chi connectivity index (χ3n) is 2.39. The lowest BCUT2D eigenvalue weighted by Gasteiger charge is -2.08. The largest absolute Gasteiger partial charge is 0.482 e. The summed E-state index contributed by atoms with van der Waals surface area (Å²) in [6, 6.07) is 4.84. The number of halogens is 2. The third kappa shape index (κ3) is 4.37. The summed E-state index contributed by atoms with van der Waals surface area (Å²) >= 11 is 13.3. The second-order valence-corrected chi connectivity index (χ2v) is 5.90. The molecule has 0 aliphatic rings. The summed E-state index contributed by atoms with van der Waals surface area (Å²) in [5, 5.41) is 6.50. The second kappa shape index (κ2) is 6.92. The summed E-state index contributed by atoms with van der Waals surface area (Å²) in [4.78, 5) is 15.9. The van der Waals surface area contributed by atoms with Crippen LogP contribution in [0.5, 0.6) is 5.75 Å². The van der Waals surface area contributed by atoms with E-state index in [1.54, 1.807) is 29.5 Å². The van der Waals surface area contributed by atoms with Gasteiger partial charge in [0.05, 0.1) is 22.3 Å². The van der Waals surface area contributed by atoms with Crippen molar-refractivity contribution >= 4 is 40.4 Å². The molecule has 0 spiro atoms. The van der Waals surface area contributed by atoms with E-state index in [1.165, 1.54) is 0 Å².